The molecule has 1 unspecified atom stereocenters. The normalized spacial score (nSPS) is 33.3. The fourth-order valence-electron chi connectivity index (χ4n) is 6.15. The maximum Gasteiger partial charge on any atom is 0.251 e. The van der Waals surface area contributed by atoms with Crippen molar-refractivity contribution in [3.63, 3.8) is 0 Å². The number of nitrogens with zero attached hydrogens (tertiary/aromatic N) is 1. The van der Waals surface area contributed by atoms with Gasteiger partial charge in [-0.2, -0.15) is 0 Å². The van der Waals surface area contributed by atoms with Crippen molar-refractivity contribution in [2.75, 3.05) is 14.1 Å². The number of carbonyl (C=O) groups is 1. The molecule has 0 radical (unpaired) electrons. The van der Waals surface area contributed by atoms with Gasteiger partial charge in [0.2, 0.25) is 10.0 Å². The van der Waals surface area contributed by atoms with Gasteiger partial charge in [-0.1, -0.05) is 6.07 Å². The summed E-state index contributed by atoms with van der Waals surface area (Å²) >= 11 is 0. The lowest BCUT2D eigenvalue weighted by molar-refractivity contribution is -0.0688. The van der Waals surface area contributed by atoms with Gasteiger partial charge in [0.25, 0.3) is 5.91 Å². The van der Waals surface area contributed by atoms with Crippen molar-refractivity contribution < 1.29 is 13.2 Å². The third-order valence-electron chi connectivity index (χ3n) is 7.23. The first-order chi connectivity index (χ1) is 12.7. The van der Waals surface area contributed by atoms with Crippen molar-refractivity contribution in [3.8, 4) is 0 Å². The third-order valence-corrected chi connectivity index (χ3v) is 9.04. The molecule has 0 aromatic heterocycles. The lowest BCUT2D eigenvalue weighted by Crippen LogP contribution is -2.55. The van der Waals surface area contributed by atoms with E-state index in [1.165, 1.54) is 69.1 Å². The second kappa shape index (κ2) is 6.59. The van der Waals surface area contributed by atoms with Crippen molar-refractivity contribution >= 4 is 15.9 Å². The zero-order chi connectivity index (χ0) is 19.4. The highest BCUT2D eigenvalue weighted by molar-refractivity contribution is 7.89. The van der Waals surface area contributed by atoms with Crippen molar-refractivity contribution in [2.45, 2.75) is 56.4 Å². The number of carbonyl (C=O) groups excluding carboxylic acids is 1. The number of rotatable bonds is 5. The molecular formula is C21H30N2O3S. The van der Waals surface area contributed by atoms with Crippen LogP contribution in [-0.4, -0.2) is 38.8 Å². The van der Waals surface area contributed by atoms with E-state index >= 15 is 0 Å². The molecule has 1 N–H and O–H groups in total. The minimum atomic E-state index is -3.54. The highest BCUT2D eigenvalue weighted by Gasteiger charge is 2.53. The molecule has 4 saturated carbocycles. The van der Waals surface area contributed by atoms with E-state index in [1.807, 2.05) is 0 Å². The topological polar surface area (TPSA) is 66.5 Å². The number of hydrogen-bond acceptors (Lipinski definition) is 3. The Morgan fingerprint density at radius 3 is 2.19 bits per heavy atom. The monoisotopic (exact) mass is 390 g/mol. The van der Waals surface area contributed by atoms with Gasteiger partial charge in [-0.15, -0.1) is 0 Å². The van der Waals surface area contributed by atoms with Gasteiger partial charge in [0, 0.05) is 25.7 Å². The molecule has 0 saturated heterocycles. The van der Waals surface area contributed by atoms with E-state index in [9.17, 15) is 13.2 Å². The molecule has 4 aliphatic carbocycles. The Balaban J connectivity index is 1.51. The fraction of sp³-hybridized carbons (Fsp3) is 0.667. The Morgan fingerprint density at radius 2 is 1.67 bits per heavy atom. The molecule has 27 heavy (non-hydrogen) atoms. The number of benzene rings is 1. The second-order valence-corrected chi connectivity index (χ2v) is 11.4. The summed E-state index contributed by atoms with van der Waals surface area (Å²) in [7, 11) is -0.550. The maximum atomic E-state index is 12.9. The maximum absolute atomic E-state index is 12.9. The Morgan fingerprint density at radius 1 is 1.11 bits per heavy atom. The van der Waals surface area contributed by atoms with Crippen molar-refractivity contribution in [2.24, 2.45) is 23.2 Å². The summed E-state index contributed by atoms with van der Waals surface area (Å²) in [6, 6.07) is 6.47. The molecule has 148 valence electrons. The van der Waals surface area contributed by atoms with E-state index in [0.29, 0.717) is 5.56 Å². The number of sulfonamides is 1. The molecule has 0 spiro atoms. The van der Waals surface area contributed by atoms with E-state index in [-0.39, 0.29) is 22.3 Å². The van der Waals surface area contributed by atoms with E-state index in [2.05, 4.69) is 12.2 Å². The number of nitrogens with one attached hydrogen (secondary N) is 1. The van der Waals surface area contributed by atoms with Crippen molar-refractivity contribution in [1.29, 1.82) is 0 Å². The van der Waals surface area contributed by atoms with Gasteiger partial charge in [0.1, 0.15) is 0 Å². The van der Waals surface area contributed by atoms with E-state index in [1.54, 1.807) is 12.1 Å². The van der Waals surface area contributed by atoms with Crippen LogP contribution in [0.5, 0.6) is 0 Å². The SMILES string of the molecule is CC(NC(=O)c1cccc(S(=O)(=O)N(C)C)c1)C12CC3CC(CC(C3)C1)C2. The van der Waals surface area contributed by atoms with Crippen LogP contribution in [0, 0.1) is 23.2 Å². The molecule has 5 nitrogen and oxygen atoms in total. The summed E-state index contributed by atoms with van der Waals surface area (Å²) in [5.74, 6) is 2.34. The van der Waals surface area contributed by atoms with Crippen LogP contribution < -0.4 is 5.32 Å². The molecule has 0 aliphatic heterocycles. The van der Waals surface area contributed by atoms with Gasteiger partial charge >= 0.3 is 0 Å². The molecule has 4 fully saturated rings. The van der Waals surface area contributed by atoms with Crippen LogP contribution in [0.25, 0.3) is 0 Å². The molecule has 6 heteroatoms. The van der Waals surface area contributed by atoms with Crippen LogP contribution in [0.15, 0.2) is 29.2 Å². The van der Waals surface area contributed by atoms with Crippen LogP contribution in [0.1, 0.15) is 55.8 Å². The Kier molecular flexibility index (Phi) is 4.62. The number of amides is 1. The van der Waals surface area contributed by atoms with Crippen LogP contribution in [-0.2, 0) is 10.0 Å². The second-order valence-electron chi connectivity index (χ2n) is 9.29. The molecule has 1 aromatic carbocycles. The first-order valence-electron chi connectivity index (χ1n) is 10.0. The van der Waals surface area contributed by atoms with Gasteiger partial charge in [-0.05, 0) is 86.8 Å². The summed E-state index contributed by atoms with van der Waals surface area (Å²) < 4.78 is 25.9. The molecule has 1 atom stereocenters. The first kappa shape index (κ1) is 18.9. The van der Waals surface area contributed by atoms with Gasteiger partial charge in [-0.25, -0.2) is 12.7 Å². The van der Waals surface area contributed by atoms with Crippen LogP contribution in [0.4, 0.5) is 0 Å². The van der Waals surface area contributed by atoms with Gasteiger partial charge in [0.05, 0.1) is 4.90 Å². The van der Waals surface area contributed by atoms with E-state index in [4.69, 9.17) is 0 Å². The fourth-order valence-corrected chi connectivity index (χ4v) is 7.10. The molecule has 1 amide bonds. The lowest BCUT2D eigenvalue weighted by atomic mass is 9.48. The molecule has 4 aliphatic rings. The van der Waals surface area contributed by atoms with Crippen molar-refractivity contribution in [3.05, 3.63) is 29.8 Å². The smallest absolute Gasteiger partial charge is 0.251 e. The van der Waals surface area contributed by atoms with Gasteiger partial charge < -0.3 is 5.32 Å². The quantitative estimate of drug-likeness (QED) is 0.839. The van der Waals surface area contributed by atoms with E-state index in [0.717, 1.165) is 17.8 Å². The zero-order valence-electron chi connectivity index (χ0n) is 16.4. The Bertz CT molecular complexity index is 811. The Hall–Kier alpha value is -1.40. The molecule has 5 rings (SSSR count). The van der Waals surface area contributed by atoms with Crippen LogP contribution in [0.2, 0.25) is 0 Å². The summed E-state index contributed by atoms with van der Waals surface area (Å²) in [5, 5.41) is 3.21. The van der Waals surface area contributed by atoms with Crippen molar-refractivity contribution in [1.82, 2.24) is 9.62 Å². The lowest BCUT2D eigenvalue weighted by Gasteiger charge is -2.59. The van der Waals surface area contributed by atoms with Gasteiger partial charge in [-0.3, -0.25) is 4.79 Å². The molecular weight excluding hydrogens is 360 g/mol. The first-order valence-corrected chi connectivity index (χ1v) is 11.5. The highest BCUT2D eigenvalue weighted by Crippen LogP contribution is 2.61. The third kappa shape index (κ3) is 3.31. The molecule has 1 aromatic rings. The van der Waals surface area contributed by atoms with Gasteiger partial charge in [0.15, 0.2) is 0 Å². The van der Waals surface area contributed by atoms with Crippen LogP contribution in [0.3, 0.4) is 0 Å². The highest BCUT2D eigenvalue weighted by atomic mass is 32.2. The number of hydrogen-bond donors (Lipinski definition) is 1. The Labute approximate surface area is 162 Å². The summed E-state index contributed by atoms with van der Waals surface area (Å²) in [6.07, 6.45) is 7.83. The summed E-state index contributed by atoms with van der Waals surface area (Å²) in [5.41, 5.74) is 0.645. The predicted octanol–water partition coefficient (Wildman–Crippen LogP) is 3.27. The minimum Gasteiger partial charge on any atom is -0.349 e. The largest absolute Gasteiger partial charge is 0.349 e. The zero-order valence-corrected chi connectivity index (χ0v) is 17.3. The summed E-state index contributed by atoms with van der Waals surface area (Å²) in [6.45, 7) is 2.14. The standard InChI is InChI=1S/C21H30N2O3S/c1-14(21-11-15-7-16(12-21)9-17(8-15)13-21)22-20(24)18-5-4-6-19(10-18)27(25,26)23(2)3/h4-6,10,14-17H,7-9,11-13H2,1-3H3,(H,22,24). The average molecular weight is 391 g/mol. The molecule has 4 bridgehead atoms. The van der Waals surface area contributed by atoms with E-state index < -0.39 is 10.0 Å². The molecule has 0 heterocycles. The predicted molar refractivity (Wildman–Crippen MR) is 105 cm³/mol. The summed E-state index contributed by atoms with van der Waals surface area (Å²) in [4.78, 5) is 13.0. The minimum absolute atomic E-state index is 0.118. The van der Waals surface area contributed by atoms with Crippen LogP contribution >= 0.6 is 0 Å². The average Bonchev–Trinajstić information content (AvgIpc) is 2.60.